The lowest BCUT2D eigenvalue weighted by Crippen LogP contribution is -2.41. The van der Waals surface area contributed by atoms with Crippen LogP contribution in [0.3, 0.4) is 0 Å². The Morgan fingerprint density at radius 2 is 2.25 bits per heavy atom. The van der Waals surface area contributed by atoms with Gasteiger partial charge in [0, 0.05) is 11.8 Å². The molecule has 2 atom stereocenters. The van der Waals surface area contributed by atoms with Crippen LogP contribution >= 0.6 is 11.8 Å². The molecule has 16 heavy (non-hydrogen) atoms. The molecule has 2 N–H and O–H groups in total. The summed E-state index contributed by atoms with van der Waals surface area (Å²) in [6.07, 6.45) is 3.11. The van der Waals surface area contributed by atoms with Crippen molar-refractivity contribution in [1.29, 1.82) is 0 Å². The molecule has 2 rings (SSSR count). The molecular formula is C10H20N2O2S2. The van der Waals surface area contributed by atoms with E-state index in [1.807, 2.05) is 11.8 Å². The van der Waals surface area contributed by atoms with E-state index in [0.29, 0.717) is 11.7 Å². The number of hydrogen-bond acceptors (Lipinski definition) is 4. The van der Waals surface area contributed by atoms with Gasteiger partial charge in [-0.05, 0) is 44.0 Å². The third kappa shape index (κ3) is 3.91. The SMILES string of the molecule is O=S(=O)(CC1CCCNC1)NC1CCSC1. The van der Waals surface area contributed by atoms with Gasteiger partial charge in [0.15, 0.2) is 0 Å². The molecule has 0 aromatic carbocycles. The molecule has 94 valence electrons. The van der Waals surface area contributed by atoms with Gasteiger partial charge in [-0.3, -0.25) is 0 Å². The van der Waals surface area contributed by atoms with Crippen molar-refractivity contribution in [1.82, 2.24) is 10.0 Å². The van der Waals surface area contributed by atoms with Gasteiger partial charge in [-0.25, -0.2) is 13.1 Å². The van der Waals surface area contributed by atoms with E-state index < -0.39 is 10.0 Å². The Balaban J connectivity index is 1.81. The maximum Gasteiger partial charge on any atom is 0.212 e. The summed E-state index contributed by atoms with van der Waals surface area (Å²) < 4.78 is 26.6. The van der Waals surface area contributed by atoms with E-state index in [4.69, 9.17) is 0 Å². The number of piperidine rings is 1. The van der Waals surface area contributed by atoms with Gasteiger partial charge in [0.2, 0.25) is 10.0 Å². The van der Waals surface area contributed by atoms with Crippen molar-refractivity contribution in [2.24, 2.45) is 5.92 Å². The van der Waals surface area contributed by atoms with Crippen molar-refractivity contribution in [3.63, 3.8) is 0 Å². The first-order valence-corrected chi connectivity index (χ1v) is 8.75. The van der Waals surface area contributed by atoms with Gasteiger partial charge in [-0.2, -0.15) is 11.8 Å². The van der Waals surface area contributed by atoms with Gasteiger partial charge in [0.05, 0.1) is 5.75 Å². The van der Waals surface area contributed by atoms with Crippen LogP contribution in [0, 0.1) is 5.92 Å². The Kier molecular flexibility index (Phi) is 4.52. The largest absolute Gasteiger partial charge is 0.316 e. The molecule has 2 unspecified atom stereocenters. The first kappa shape index (κ1) is 12.7. The summed E-state index contributed by atoms with van der Waals surface area (Å²) in [6.45, 7) is 1.88. The van der Waals surface area contributed by atoms with Gasteiger partial charge in [-0.1, -0.05) is 0 Å². The second-order valence-electron chi connectivity index (χ2n) is 4.67. The van der Waals surface area contributed by atoms with E-state index in [0.717, 1.165) is 43.9 Å². The Morgan fingerprint density at radius 3 is 2.88 bits per heavy atom. The molecule has 2 aliphatic heterocycles. The highest BCUT2D eigenvalue weighted by atomic mass is 32.2. The predicted molar refractivity (Wildman–Crippen MR) is 68.2 cm³/mol. The molecule has 0 aromatic rings. The van der Waals surface area contributed by atoms with Crippen LogP contribution in [-0.4, -0.2) is 44.8 Å². The number of sulfonamides is 1. The lowest BCUT2D eigenvalue weighted by molar-refractivity contribution is 0.402. The standard InChI is InChI=1S/C10H20N2O2S2/c13-16(14,12-10-3-5-15-7-10)8-9-2-1-4-11-6-9/h9-12H,1-8H2. The molecular weight excluding hydrogens is 244 g/mol. The third-order valence-corrected chi connectivity index (χ3v) is 5.90. The van der Waals surface area contributed by atoms with Crippen molar-refractivity contribution >= 4 is 21.8 Å². The summed E-state index contributed by atoms with van der Waals surface area (Å²) in [5, 5.41) is 3.25. The fraction of sp³-hybridized carbons (Fsp3) is 1.00. The molecule has 2 aliphatic rings. The van der Waals surface area contributed by atoms with E-state index in [1.54, 1.807) is 0 Å². The average Bonchev–Trinajstić information content (AvgIpc) is 2.70. The molecule has 0 bridgehead atoms. The molecule has 2 saturated heterocycles. The Morgan fingerprint density at radius 1 is 1.38 bits per heavy atom. The molecule has 2 heterocycles. The Hall–Kier alpha value is 0.220. The Bertz CT molecular complexity index is 307. The highest BCUT2D eigenvalue weighted by Gasteiger charge is 2.25. The van der Waals surface area contributed by atoms with Gasteiger partial charge < -0.3 is 5.32 Å². The van der Waals surface area contributed by atoms with Crippen LogP contribution < -0.4 is 10.0 Å². The summed E-state index contributed by atoms with van der Waals surface area (Å²) in [5.74, 6) is 2.60. The summed E-state index contributed by atoms with van der Waals surface area (Å²) >= 11 is 1.83. The van der Waals surface area contributed by atoms with Crippen molar-refractivity contribution < 1.29 is 8.42 Å². The smallest absolute Gasteiger partial charge is 0.212 e. The molecule has 6 heteroatoms. The molecule has 4 nitrogen and oxygen atoms in total. The lowest BCUT2D eigenvalue weighted by atomic mass is 10.0. The monoisotopic (exact) mass is 264 g/mol. The molecule has 0 saturated carbocycles. The van der Waals surface area contributed by atoms with Crippen LogP contribution in [0.15, 0.2) is 0 Å². The molecule has 0 spiro atoms. The average molecular weight is 264 g/mol. The van der Waals surface area contributed by atoms with E-state index >= 15 is 0 Å². The van der Waals surface area contributed by atoms with Gasteiger partial charge >= 0.3 is 0 Å². The zero-order valence-electron chi connectivity index (χ0n) is 9.44. The highest BCUT2D eigenvalue weighted by molar-refractivity contribution is 7.99. The van der Waals surface area contributed by atoms with E-state index in [9.17, 15) is 8.42 Å². The number of hydrogen-bond donors (Lipinski definition) is 2. The minimum atomic E-state index is -3.07. The van der Waals surface area contributed by atoms with Gasteiger partial charge in [-0.15, -0.1) is 0 Å². The fourth-order valence-corrected chi connectivity index (χ4v) is 5.27. The van der Waals surface area contributed by atoms with Crippen LogP contribution in [0.2, 0.25) is 0 Å². The predicted octanol–water partition coefficient (Wildman–Crippen LogP) is 0.411. The van der Waals surface area contributed by atoms with Gasteiger partial charge in [0.1, 0.15) is 0 Å². The summed E-state index contributed by atoms with van der Waals surface area (Å²) in [7, 11) is -3.07. The van der Waals surface area contributed by atoms with Crippen molar-refractivity contribution in [2.75, 3.05) is 30.3 Å². The van der Waals surface area contributed by atoms with Crippen molar-refractivity contribution in [2.45, 2.75) is 25.3 Å². The van der Waals surface area contributed by atoms with Crippen LogP contribution in [-0.2, 0) is 10.0 Å². The van der Waals surface area contributed by atoms with Gasteiger partial charge in [0.25, 0.3) is 0 Å². The minimum absolute atomic E-state index is 0.173. The minimum Gasteiger partial charge on any atom is -0.316 e. The molecule has 0 aromatic heterocycles. The topological polar surface area (TPSA) is 58.2 Å². The third-order valence-electron chi connectivity index (χ3n) is 3.13. The quantitative estimate of drug-likeness (QED) is 0.772. The first-order chi connectivity index (χ1) is 7.66. The normalized spacial score (nSPS) is 31.8. The Labute approximate surface area is 102 Å². The second-order valence-corrected chi connectivity index (χ2v) is 7.62. The summed E-state index contributed by atoms with van der Waals surface area (Å²) in [6, 6.07) is 0.173. The second kappa shape index (κ2) is 5.71. The zero-order valence-corrected chi connectivity index (χ0v) is 11.1. The first-order valence-electron chi connectivity index (χ1n) is 5.94. The number of rotatable bonds is 4. The fourth-order valence-electron chi connectivity index (χ4n) is 2.31. The van der Waals surface area contributed by atoms with Crippen LogP contribution in [0.5, 0.6) is 0 Å². The zero-order chi connectivity index (χ0) is 11.4. The van der Waals surface area contributed by atoms with E-state index in [2.05, 4.69) is 10.0 Å². The summed E-state index contributed by atoms with van der Waals surface area (Å²) in [5.41, 5.74) is 0. The lowest BCUT2D eigenvalue weighted by Gasteiger charge is -2.23. The van der Waals surface area contributed by atoms with E-state index in [-0.39, 0.29) is 6.04 Å². The number of nitrogens with one attached hydrogen (secondary N) is 2. The molecule has 0 amide bonds. The van der Waals surface area contributed by atoms with Crippen LogP contribution in [0.25, 0.3) is 0 Å². The van der Waals surface area contributed by atoms with Crippen molar-refractivity contribution in [3.8, 4) is 0 Å². The number of thioether (sulfide) groups is 1. The highest BCUT2D eigenvalue weighted by Crippen LogP contribution is 2.19. The van der Waals surface area contributed by atoms with Crippen LogP contribution in [0.4, 0.5) is 0 Å². The van der Waals surface area contributed by atoms with E-state index in [1.165, 1.54) is 0 Å². The molecule has 2 fully saturated rings. The van der Waals surface area contributed by atoms with Crippen LogP contribution in [0.1, 0.15) is 19.3 Å². The molecule has 0 radical (unpaired) electrons. The maximum atomic E-state index is 11.9. The van der Waals surface area contributed by atoms with Crippen molar-refractivity contribution in [3.05, 3.63) is 0 Å². The maximum absolute atomic E-state index is 11.9. The summed E-state index contributed by atoms with van der Waals surface area (Å²) in [4.78, 5) is 0. The molecule has 0 aliphatic carbocycles.